The Morgan fingerprint density at radius 2 is 2.00 bits per heavy atom. The quantitative estimate of drug-likeness (QED) is 0.754. The minimum Gasteiger partial charge on any atom is -0.447 e. The third-order valence-corrected chi connectivity index (χ3v) is 2.60. The summed E-state index contributed by atoms with van der Waals surface area (Å²) in [4.78, 5) is 4.15. The van der Waals surface area contributed by atoms with Gasteiger partial charge in [-0.3, -0.25) is 0 Å². The number of rotatable bonds is 4. The summed E-state index contributed by atoms with van der Waals surface area (Å²) in [5.41, 5.74) is 3.60. The standard InChI is InChI=1S/C16H17NO/c1-13-8-9-17-16(11-13)18-12-14(2)10-15-6-4-3-5-7-15/h3-9,11-12H,10H2,1-2H3/b14-12+. The largest absolute Gasteiger partial charge is 0.447 e. The molecule has 0 atom stereocenters. The molecule has 92 valence electrons. The van der Waals surface area contributed by atoms with Crippen LogP contribution in [0.5, 0.6) is 5.88 Å². The van der Waals surface area contributed by atoms with Crippen molar-refractivity contribution in [3.63, 3.8) is 0 Å². The van der Waals surface area contributed by atoms with E-state index < -0.39 is 0 Å². The fraction of sp³-hybridized carbons (Fsp3) is 0.188. The predicted octanol–water partition coefficient (Wildman–Crippen LogP) is 3.92. The number of benzene rings is 1. The molecule has 2 heteroatoms. The lowest BCUT2D eigenvalue weighted by Crippen LogP contribution is -1.92. The van der Waals surface area contributed by atoms with Gasteiger partial charge >= 0.3 is 0 Å². The average Bonchev–Trinajstić information content (AvgIpc) is 2.38. The number of ether oxygens (including phenoxy) is 1. The number of pyridine rings is 1. The first-order valence-corrected chi connectivity index (χ1v) is 6.03. The van der Waals surface area contributed by atoms with E-state index in [1.54, 1.807) is 12.5 Å². The van der Waals surface area contributed by atoms with Gasteiger partial charge in [0.2, 0.25) is 5.88 Å². The number of allylic oxidation sites excluding steroid dienone is 1. The molecule has 0 N–H and O–H groups in total. The van der Waals surface area contributed by atoms with E-state index in [2.05, 4.69) is 24.0 Å². The molecular formula is C16H17NO. The van der Waals surface area contributed by atoms with E-state index in [-0.39, 0.29) is 0 Å². The highest BCUT2D eigenvalue weighted by atomic mass is 16.5. The molecule has 0 saturated heterocycles. The van der Waals surface area contributed by atoms with Gasteiger partial charge in [-0.2, -0.15) is 0 Å². The SMILES string of the molecule is C/C(=C\Oc1cc(C)ccn1)Cc1ccccc1. The Morgan fingerprint density at radius 1 is 1.22 bits per heavy atom. The van der Waals surface area contributed by atoms with Crippen LogP contribution in [0.25, 0.3) is 0 Å². The van der Waals surface area contributed by atoms with Gasteiger partial charge in [-0.15, -0.1) is 0 Å². The lowest BCUT2D eigenvalue weighted by atomic mass is 10.1. The van der Waals surface area contributed by atoms with E-state index in [1.807, 2.05) is 37.3 Å². The Labute approximate surface area is 108 Å². The number of aromatic nitrogens is 1. The fourth-order valence-corrected chi connectivity index (χ4v) is 1.69. The second-order valence-corrected chi connectivity index (χ2v) is 4.42. The average molecular weight is 239 g/mol. The van der Waals surface area contributed by atoms with Crippen molar-refractivity contribution in [2.45, 2.75) is 20.3 Å². The number of nitrogens with zero attached hydrogens (tertiary/aromatic N) is 1. The molecule has 1 aromatic carbocycles. The highest BCUT2D eigenvalue weighted by Gasteiger charge is 1.96. The van der Waals surface area contributed by atoms with E-state index in [4.69, 9.17) is 4.74 Å². The second-order valence-electron chi connectivity index (χ2n) is 4.42. The van der Waals surface area contributed by atoms with Gasteiger partial charge in [0.25, 0.3) is 0 Å². The molecule has 2 aromatic rings. The molecule has 1 aromatic heterocycles. The third kappa shape index (κ3) is 3.74. The summed E-state index contributed by atoms with van der Waals surface area (Å²) in [6.07, 6.45) is 4.42. The van der Waals surface area contributed by atoms with Crippen molar-refractivity contribution in [3.8, 4) is 5.88 Å². The van der Waals surface area contributed by atoms with Crippen molar-refractivity contribution in [2.75, 3.05) is 0 Å². The first-order chi connectivity index (χ1) is 8.74. The van der Waals surface area contributed by atoms with Crippen LogP contribution in [-0.4, -0.2) is 4.98 Å². The normalized spacial score (nSPS) is 11.3. The predicted molar refractivity (Wildman–Crippen MR) is 73.5 cm³/mol. The zero-order valence-electron chi connectivity index (χ0n) is 10.8. The van der Waals surface area contributed by atoms with Gasteiger partial charge in [-0.25, -0.2) is 4.98 Å². The van der Waals surface area contributed by atoms with Gasteiger partial charge in [0.1, 0.15) is 0 Å². The van der Waals surface area contributed by atoms with Gasteiger partial charge in [-0.1, -0.05) is 30.3 Å². The maximum Gasteiger partial charge on any atom is 0.218 e. The lowest BCUT2D eigenvalue weighted by molar-refractivity contribution is 0.454. The summed E-state index contributed by atoms with van der Waals surface area (Å²) in [6.45, 7) is 4.08. The fourth-order valence-electron chi connectivity index (χ4n) is 1.69. The molecule has 0 aliphatic carbocycles. The van der Waals surface area contributed by atoms with Crippen molar-refractivity contribution >= 4 is 0 Å². The van der Waals surface area contributed by atoms with Gasteiger partial charge in [-0.05, 0) is 43.0 Å². The minimum atomic E-state index is 0.641. The van der Waals surface area contributed by atoms with Gasteiger partial charge in [0.05, 0.1) is 6.26 Å². The Bertz CT molecular complexity index is 532. The molecule has 2 nitrogen and oxygen atoms in total. The molecule has 0 saturated carbocycles. The van der Waals surface area contributed by atoms with Crippen molar-refractivity contribution in [1.82, 2.24) is 4.98 Å². The summed E-state index contributed by atoms with van der Waals surface area (Å²) < 4.78 is 5.55. The van der Waals surface area contributed by atoms with E-state index >= 15 is 0 Å². The van der Waals surface area contributed by atoms with Crippen LogP contribution in [0.1, 0.15) is 18.1 Å². The van der Waals surface area contributed by atoms with E-state index in [9.17, 15) is 0 Å². The summed E-state index contributed by atoms with van der Waals surface area (Å²) in [7, 11) is 0. The van der Waals surface area contributed by atoms with Crippen LogP contribution >= 0.6 is 0 Å². The molecule has 0 amide bonds. The smallest absolute Gasteiger partial charge is 0.218 e. The molecule has 18 heavy (non-hydrogen) atoms. The molecule has 0 aliphatic rings. The van der Waals surface area contributed by atoms with Crippen LogP contribution in [0.2, 0.25) is 0 Å². The van der Waals surface area contributed by atoms with Crippen molar-refractivity contribution in [1.29, 1.82) is 0 Å². The first kappa shape index (κ1) is 12.4. The van der Waals surface area contributed by atoms with Crippen LogP contribution in [0, 0.1) is 6.92 Å². The number of hydrogen-bond acceptors (Lipinski definition) is 2. The maximum absolute atomic E-state index is 5.55. The monoisotopic (exact) mass is 239 g/mol. The lowest BCUT2D eigenvalue weighted by Gasteiger charge is -2.03. The molecular weight excluding hydrogens is 222 g/mol. The zero-order valence-corrected chi connectivity index (χ0v) is 10.8. The molecule has 0 unspecified atom stereocenters. The van der Waals surface area contributed by atoms with Crippen LogP contribution < -0.4 is 4.74 Å². The second kappa shape index (κ2) is 6.01. The summed E-state index contributed by atoms with van der Waals surface area (Å²) in [5.74, 6) is 0.641. The van der Waals surface area contributed by atoms with Crippen LogP contribution in [0.15, 0.2) is 60.5 Å². The molecule has 2 rings (SSSR count). The first-order valence-electron chi connectivity index (χ1n) is 6.03. The molecule has 0 fully saturated rings. The van der Waals surface area contributed by atoms with Crippen LogP contribution in [0.3, 0.4) is 0 Å². The van der Waals surface area contributed by atoms with E-state index in [0.717, 1.165) is 12.0 Å². The summed E-state index contributed by atoms with van der Waals surface area (Å²) in [5, 5.41) is 0. The molecule has 0 radical (unpaired) electrons. The molecule has 0 bridgehead atoms. The Hall–Kier alpha value is -2.09. The third-order valence-electron chi connectivity index (χ3n) is 2.60. The maximum atomic E-state index is 5.55. The molecule has 0 aliphatic heterocycles. The van der Waals surface area contributed by atoms with Crippen molar-refractivity contribution in [2.24, 2.45) is 0 Å². The molecule has 0 spiro atoms. The molecule has 1 heterocycles. The zero-order chi connectivity index (χ0) is 12.8. The van der Waals surface area contributed by atoms with Gasteiger partial charge in [0, 0.05) is 12.3 Å². The summed E-state index contributed by atoms with van der Waals surface area (Å²) >= 11 is 0. The Balaban J connectivity index is 1.97. The van der Waals surface area contributed by atoms with Crippen molar-refractivity contribution in [3.05, 3.63) is 71.6 Å². The number of aryl methyl sites for hydroxylation is 1. The minimum absolute atomic E-state index is 0.641. The van der Waals surface area contributed by atoms with Crippen LogP contribution in [-0.2, 0) is 6.42 Å². The topological polar surface area (TPSA) is 22.1 Å². The van der Waals surface area contributed by atoms with Gasteiger partial charge < -0.3 is 4.74 Å². The van der Waals surface area contributed by atoms with Crippen molar-refractivity contribution < 1.29 is 4.74 Å². The Morgan fingerprint density at radius 3 is 2.72 bits per heavy atom. The van der Waals surface area contributed by atoms with Crippen LogP contribution in [0.4, 0.5) is 0 Å². The van der Waals surface area contributed by atoms with Gasteiger partial charge in [0.15, 0.2) is 0 Å². The highest BCUT2D eigenvalue weighted by molar-refractivity contribution is 5.22. The van der Waals surface area contributed by atoms with E-state index in [1.165, 1.54) is 11.1 Å². The Kier molecular flexibility index (Phi) is 4.13. The number of hydrogen-bond donors (Lipinski definition) is 0. The summed E-state index contributed by atoms with van der Waals surface area (Å²) in [6, 6.07) is 14.2. The highest BCUT2D eigenvalue weighted by Crippen LogP contribution is 2.11. The van der Waals surface area contributed by atoms with E-state index in [0.29, 0.717) is 5.88 Å².